The molecular weight excluding hydrogens is 320 g/mol. The van der Waals surface area contributed by atoms with E-state index >= 15 is 0 Å². The van der Waals surface area contributed by atoms with Gasteiger partial charge in [-0.3, -0.25) is 4.79 Å². The lowest BCUT2D eigenvalue weighted by Gasteiger charge is -2.35. The van der Waals surface area contributed by atoms with Crippen molar-refractivity contribution in [2.24, 2.45) is 0 Å². The second-order valence-electron chi connectivity index (χ2n) is 5.78. The molecule has 2 heterocycles. The fourth-order valence-electron chi connectivity index (χ4n) is 2.85. The van der Waals surface area contributed by atoms with Gasteiger partial charge in [0, 0.05) is 31.7 Å². The molecule has 0 radical (unpaired) electrons. The van der Waals surface area contributed by atoms with E-state index in [1.165, 1.54) is 10.6 Å². The number of nitrogens with zero attached hydrogens (tertiary/aromatic N) is 4. The molecule has 1 aromatic carbocycles. The summed E-state index contributed by atoms with van der Waals surface area (Å²) in [5.74, 6) is -0.118. The quantitative estimate of drug-likeness (QED) is 0.818. The highest BCUT2D eigenvalue weighted by Crippen LogP contribution is 2.20. The minimum atomic E-state index is -3.16. The van der Waals surface area contributed by atoms with E-state index in [2.05, 4.69) is 14.9 Å². The van der Waals surface area contributed by atoms with Gasteiger partial charge >= 0.3 is 0 Å². The van der Waals surface area contributed by atoms with Crippen LogP contribution in [-0.2, 0) is 10.0 Å². The highest BCUT2D eigenvalue weighted by molar-refractivity contribution is 7.88. The molecule has 1 aliphatic rings. The number of carbonyl (C=O) groups excluding carboxylic acids is 1. The summed E-state index contributed by atoms with van der Waals surface area (Å²) in [6.07, 6.45) is 2.47. The second-order valence-corrected chi connectivity index (χ2v) is 7.76. The van der Waals surface area contributed by atoms with E-state index in [-0.39, 0.29) is 11.9 Å². The maximum atomic E-state index is 12.6. The molecule has 0 N–H and O–H groups in total. The maximum absolute atomic E-state index is 12.6. The van der Waals surface area contributed by atoms with Crippen LogP contribution in [0.5, 0.6) is 0 Å². The minimum absolute atomic E-state index is 0.0200. The van der Waals surface area contributed by atoms with E-state index < -0.39 is 10.0 Å². The van der Waals surface area contributed by atoms with Crippen LogP contribution in [0.3, 0.4) is 0 Å². The molecule has 8 nitrogen and oxygen atoms in total. The second kappa shape index (κ2) is 5.89. The van der Waals surface area contributed by atoms with Gasteiger partial charge in [-0.05, 0) is 41.4 Å². The van der Waals surface area contributed by atoms with Crippen LogP contribution < -0.4 is 0 Å². The van der Waals surface area contributed by atoms with Gasteiger partial charge in [-0.25, -0.2) is 17.4 Å². The molecule has 1 fully saturated rings. The van der Waals surface area contributed by atoms with Gasteiger partial charge in [0.05, 0.1) is 6.26 Å². The van der Waals surface area contributed by atoms with Gasteiger partial charge in [0.25, 0.3) is 5.91 Å². The Labute approximate surface area is 134 Å². The van der Waals surface area contributed by atoms with Crippen molar-refractivity contribution in [2.45, 2.75) is 18.9 Å². The molecule has 0 saturated carbocycles. The summed E-state index contributed by atoms with van der Waals surface area (Å²) < 4.78 is 29.2. The molecule has 9 heteroatoms. The summed E-state index contributed by atoms with van der Waals surface area (Å²) in [5.41, 5.74) is 1.66. The Morgan fingerprint density at radius 2 is 1.91 bits per heavy atom. The van der Waals surface area contributed by atoms with Crippen molar-refractivity contribution in [3.05, 3.63) is 23.8 Å². The highest BCUT2D eigenvalue weighted by atomic mass is 32.2. The molecular formula is C14H18N4O4S. The van der Waals surface area contributed by atoms with Crippen LogP contribution in [0.2, 0.25) is 0 Å². The third-order valence-electron chi connectivity index (χ3n) is 4.26. The van der Waals surface area contributed by atoms with Crippen molar-refractivity contribution in [1.82, 2.24) is 19.5 Å². The zero-order chi connectivity index (χ0) is 16.6. The Bertz CT molecular complexity index is 824. The van der Waals surface area contributed by atoms with Crippen LogP contribution in [0.4, 0.5) is 0 Å². The normalized spacial score (nSPS) is 17.5. The van der Waals surface area contributed by atoms with Gasteiger partial charge in [-0.15, -0.1) is 0 Å². The molecule has 0 spiro atoms. The van der Waals surface area contributed by atoms with Crippen molar-refractivity contribution in [3.8, 4) is 0 Å². The highest BCUT2D eigenvalue weighted by Gasteiger charge is 2.29. The van der Waals surface area contributed by atoms with Gasteiger partial charge in [0.15, 0.2) is 0 Å². The number of aromatic nitrogens is 2. The summed E-state index contributed by atoms with van der Waals surface area (Å²) in [7, 11) is -1.42. The van der Waals surface area contributed by atoms with Gasteiger partial charge in [0.2, 0.25) is 10.0 Å². The number of hydrogen-bond acceptors (Lipinski definition) is 6. The number of piperidine rings is 1. The summed E-state index contributed by atoms with van der Waals surface area (Å²) in [6, 6.07) is 5.05. The van der Waals surface area contributed by atoms with E-state index in [1.54, 1.807) is 30.1 Å². The SMILES string of the molecule is CN(C(=O)c1ccc2nonc2c1)C1CCN(S(C)(=O)=O)CC1. The topological polar surface area (TPSA) is 96.6 Å². The molecule has 1 aliphatic heterocycles. The van der Waals surface area contributed by atoms with Crippen LogP contribution in [0.15, 0.2) is 22.8 Å². The average molecular weight is 338 g/mol. The number of amides is 1. The lowest BCUT2D eigenvalue weighted by Crippen LogP contribution is -2.47. The maximum Gasteiger partial charge on any atom is 0.253 e. The summed E-state index contributed by atoms with van der Waals surface area (Å²) >= 11 is 0. The molecule has 2 aromatic rings. The Morgan fingerprint density at radius 1 is 1.26 bits per heavy atom. The van der Waals surface area contributed by atoms with Crippen molar-refractivity contribution in [2.75, 3.05) is 26.4 Å². The third-order valence-corrected chi connectivity index (χ3v) is 5.56. The smallest absolute Gasteiger partial charge is 0.253 e. The zero-order valence-corrected chi connectivity index (χ0v) is 13.8. The van der Waals surface area contributed by atoms with Gasteiger partial charge in [-0.2, -0.15) is 0 Å². The van der Waals surface area contributed by atoms with Crippen molar-refractivity contribution < 1.29 is 17.8 Å². The number of benzene rings is 1. The van der Waals surface area contributed by atoms with Crippen LogP contribution in [0, 0.1) is 0 Å². The largest absolute Gasteiger partial charge is 0.339 e. The first-order chi connectivity index (χ1) is 10.9. The first-order valence-corrected chi connectivity index (χ1v) is 9.15. The van der Waals surface area contributed by atoms with Crippen LogP contribution in [0.1, 0.15) is 23.2 Å². The Hall–Kier alpha value is -2.00. The molecule has 0 bridgehead atoms. The number of rotatable bonds is 3. The Morgan fingerprint density at radius 3 is 2.57 bits per heavy atom. The van der Waals surface area contributed by atoms with Gasteiger partial charge in [0.1, 0.15) is 11.0 Å². The lowest BCUT2D eigenvalue weighted by atomic mass is 10.0. The number of carbonyl (C=O) groups is 1. The van der Waals surface area contributed by atoms with Crippen LogP contribution in [0.25, 0.3) is 11.0 Å². The van der Waals surface area contributed by atoms with E-state index in [4.69, 9.17) is 0 Å². The molecule has 0 aliphatic carbocycles. The van der Waals surface area contributed by atoms with E-state index in [0.29, 0.717) is 42.5 Å². The lowest BCUT2D eigenvalue weighted by molar-refractivity contribution is 0.0682. The molecule has 124 valence electrons. The van der Waals surface area contributed by atoms with E-state index in [9.17, 15) is 13.2 Å². The zero-order valence-electron chi connectivity index (χ0n) is 13.0. The number of sulfonamides is 1. The molecule has 1 saturated heterocycles. The minimum Gasteiger partial charge on any atom is -0.339 e. The summed E-state index contributed by atoms with van der Waals surface area (Å²) in [4.78, 5) is 14.3. The predicted octanol–water partition coefficient (Wildman–Crippen LogP) is 0.719. The third kappa shape index (κ3) is 3.20. The fraction of sp³-hybridized carbons (Fsp3) is 0.500. The average Bonchev–Trinajstić information content (AvgIpc) is 3.00. The van der Waals surface area contributed by atoms with Crippen LogP contribution in [-0.4, -0.2) is 66.3 Å². The molecule has 3 rings (SSSR count). The first-order valence-electron chi connectivity index (χ1n) is 7.31. The van der Waals surface area contributed by atoms with Gasteiger partial charge < -0.3 is 4.90 Å². The monoisotopic (exact) mass is 338 g/mol. The fourth-order valence-corrected chi connectivity index (χ4v) is 3.72. The molecule has 23 heavy (non-hydrogen) atoms. The Balaban J connectivity index is 1.70. The van der Waals surface area contributed by atoms with Crippen molar-refractivity contribution in [1.29, 1.82) is 0 Å². The van der Waals surface area contributed by atoms with E-state index in [1.807, 2.05) is 0 Å². The summed E-state index contributed by atoms with van der Waals surface area (Å²) in [5, 5.41) is 7.45. The standard InChI is InChI=1S/C14H18N4O4S/c1-17(11-5-7-18(8-6-11)23(2,20)21)14(19)10-3-4-12-13(9-10)16-22-15-12/h3-4,9,11H,5-8H2,1-2H3. The molecule has 0 unspecified atom stereocenters. The predicted molar refractivity (Wildman–Crippen MR) is 83.3 cm³/mol. The van der Waals surface area contributed by atoms with Crippen molar-refractivity contribution in [3.63, 3.8) is 0 Å². The van der Waals surface area contributed by atoms with Gasteiger partial charge in [-0.1, -0.05) is 0 Å². The number of hydrogen-bond donors (Lipinski definition) is 0. The van der Waals surface area contributed by atoms with Crippen molar-refractivity contribution >= 4 is 27.0 Å². The Kier molecular flexibility index (Phi) is 4.07. The molecule has 1 aromatic heterocycles. The van der Waals surface area contributed by atoms with E-state index in [0.717, 1.165) is 0 Å². The molecule has 0 atom stereocenters. The van der Waals surface area contributed by atoms with Crippen LogP contribution >= 0.6 is 0 Å². The summed E-state index contributed by atoms with van der Waals surface area (Å²) in [6.45, 7) is 0.876. The molecule has 1 amide bonds. The first kappa shape index (κ1) is 15.9. The number of fused-ring (bicyclic) bond motifs is 1.